The van der Waals surface area contributed by atoms with Gasteiger partial charge in [0.2, 0.25) is 5.82 Å². The number of tetrazole rings is 1. The molecule has 0 N–H and O–H groups in total. The van der Waals surface area contributed by atoms with E-state index in [2.05, 4.69) is 15.5 Å². The van der Waals surface area contributed by atoms with Crippen molar-refractivity contribution in [3.63, 3.8) is 0 Å². The van der Waals surface area contributed by atoms with Gasteiger partial charge in [-0.25, -0.2) is 0 Å². The lowest BCUT2D eigenvalue weighted by atomic mass is 10.2. The molecule has 2 aromatic rings. The van der Waals surface area contributed by atoms with E-state index in [1.54, 1.807) is 11.9 Å². The first-order valence-electron chi connectivity index (χ1n) is 5.93. The highest BCUT2D eigenvalue weighted by Gasteiger charge is 2.12. The van der Waals surface area contributed by atoms with E-state index >= 15 is 0 Å². The van der Waals surface area contributed by atoms with Crippen molar-refractivity contribution in [1.82, 2.24) is 25.3 Å². The summed E-state index contributed by atoms with van der Waals surface area (Å²) in [5, 5.41) is 11.1. The molecule has 0 radical (unpaired) electrons. The van der Waals surface area contributed by atoms with E-state index in [0.29, 0.717) is 12.4 Å². The number of hydrogen-bond acceptors (Lipinski definition) is 5. The maximum atomic E-state index is 11.6. The molecule has 19 heavy (non-hydrogen) atoms. The molecule has 7 heteroatoms. The molecule has 0 saturated heterocycles. The van der Waals surface area contributed by atoms with E-state index in [9.17, 15) is 4.79 Å². The summed E-state index contributed by atoms with van der Waals surface area (Å²) in [5.74, 6) is 0.338. The molecule has 2 rings (SSSR count). The van der Waals surface area contributed by atoms with Crippen molar-refractivity contribution in [3.05, 3.63) is 30.3 Å². The number of likely N-dealkylation sites (N-methyl/N-ethyl adjacent to an activating group) is 1. The Bertz CT molecular complexity index is 540. The normalized spacial score (nSPS) is 10.2. The van der Waals surface area contributed by atoms with Gasteiger partial charge in [-0.15, -0.1) is 5.10 Å². The average molecular weight is 261 g/mol. The van der Waals surface area contributed by atoms with Crippen LogP contribution in [0.4, 0.5) is 0 Å². The van der Waals surface area contributed by atoms with E-state index in [-0.39, 0.29) is 12.5 Å². The van der Waals surface area contributed by atoms with Gasteiger partial charge in [0.05, 0.1) is 0 Å². The number of aromatic nitrogens is 4. The Hall–Kier alpha value is -2.44. The minimum Gasteiger partial charge on any atom is -0.384 e. The van der Waals surface area contributed by atoms with Crippen LogP contribution in [-0.4, -0.2) is 51.4 Å². The van der Waals surface area contributed by atoms with Crippen molar-refractivity contribution >= 4 is 5.91 Å². The predicted molar refractivity (Wildman–Crippen MR) is 68.0 cm³/mol. The fraction of sp³-hybridized carbons (Fsp3) is 0.333. The van der Waals surface area contributed by atoms with Crippen LogP contribution in [0.1, 0.15) is 6.92 Å². The maximum absolute atomic E-state index is 11.6. The summed E-state index contributed by atoms with van der Waals surface area (Å²) in [6.07, 6.45) is 0. The van der Waals surface area contributed by atoms with Gasteiger partial charge in [0.1, 0.15) is 0 Å². The summed E-state index contributed by atoms with van der Waals surface area (Å²) in [7, 11) is 1.71. The summed E-state index contributed by atoms with van der Waals surface area (Å²) in [5.41, 5.74) is 0.823. The second-order valence-corrected chi connectivity index (χ2v) is 3.92. The van der Waals surface area contributed by atoms with Crippen LogP contribution in [0, 0.1) is 0 Å². The Kier molecular flexibility index (Phi) is 4.07. The molecular formula is C12H15N5O2. The number of rotatable bonds is 5. The summed E-state index contributed by atoms with van der Waals surface area (Å²) in [6.45, 7) is 2.42. The van der Waals surface area contributed by atoms with E-state index in [1.807, 2.05) is 37.3 Å². The lowest BCUT2D eigenvalue weighted by Crippen LogP contribution is -2.34. The third-order valence-corrected chi connectivity index (χ3v) is 2.68. The third kappa shape index (κ3) is 3.06. The van der Waals surface area contributed by atoms with Gasteiger partial charge in [-0.1, -0.05) is 35.2 Å². The predicted octanol–water partition coefficient (Wildman–Crippen LogP) is 0.247. The van der Waals surface area contributed by atoms with Gasteiger partial charge < -0.3 is 9.74 Å². The molecule has 0 fully saturated rings. The quantitative estimate of drug-likeness (QED) is 0.771. The standard InChI is InChI=1S/C12H15N5O2/c1-3-16(2)11(18)9-19-17-12(13-14-15-17)10-7-5-4-6-8-10/h4-8H,3,9H2,1-2H3. The van der Waals surface area contributed by atoms with E-state index in [4.69, 9.17) is 4.84 Å². The van der Waals surface area contributed by atoms with Crippen LogP contribution in [0.3, 0.4) is 0 Å². The lowest BCUT2D eigenvalue weighted by molar-refractivity contribution is -0.135. The van der Waals surface area contributed by atoms with E-state index in [0.717, 1.165) is 10.4 Å². The SMILES string of the molecule is CCN(C)C(=O)COn1nnnc1-c1ccccc1. The molecule has 0 aliphatic heterocycles. The first-order valence-corrected chi connectivity index (χ1v) is 5.93. The van der Waals surface area contributed by atoms with Crippen LogP contribution in [0.5, 0.6) is 0 Å². The lowest BCUT2D eigenvalue weighted by Gasteiger charge is -2.14. The Morgan fingerprint density at radius 1 is 1.37 bits per heavy atom. The fourth-order valence-corrected chi connectivity index (χ4v) is 1.42. The zero-order valence-electron chi connectivity index (χ0n) is 10.9. The summed E-state index contributed by atoms with van der Waals surface area (Å²) in [6, 6.07) is 9.39. The molecule has 1 aromatic carbocycles. The molecule has 7 nitrogen and oxygen atoms in total. The summed E-state index contributed by atoms with van der Waals surface area (Å²) in [4.78, 5) is 19.7. The van der Waals surface area contributed by atoms with Crippen molar-refractivity contribution in [3.8, 4) is 11.4 Å². The Morgan fingerprint density at radius 2 is 2.11 bits per heavy atom. The second kappa shape index (κ2) is 5.94. The molecule has 1 heterocycles. The number of benzene rings is 1. The van der Waals surface area contributed by atoms with E-state index in [1.165, 1.54) is 0 Å². The Labute approximate surface area is 110 Å². The van der Waals surface area contributed by atoms with Gasteiger partial charge in [0.25, 0.3) is 5.91 Å². The minimum absolute atomic E-state index is 0.102. The molecule has 1 aromatic heterocycles. The smallest absolute Gasteiger partial charge is 0.263 e. The zero-order valence-corrected chi connectivity index (χ0v) is 10.9. The molecule has 0 bridgehead atoms. The summed E-state index contributed by atoms with van der Waals surface area (Å²) >= 11 is 0. The molecule has 0 aliphatic rings. The van der Waals surface area contributed by atoms with Crippen molar-refractivity contribution in [2.24, 2.45) is 0 Å². The first-order chi connectivity index (χ1) is 9.22. The molecule has 0 unspecified atom stereocenters. The Balaban J connectivity index is 2.07. The molecule has 1 amide bonds. The van der Waals surface area contributed by atoms with Crippen LogP contribution in [-0.2, 0) is 4.79 Å². The largest absolute Gasteiger partial charge is 0.384 e. The van der Waals surface area contributed by atoms with Crippen molar-refractivity contribution < 1.29 is 9.63 Å². The second-order valence-electron chi connectivity index (χ2n) is 3.92. The van der Waals surface area contributed by atoms with Gasteiger partial charge in [0.15, 0.2) is 6.61 Å². The highest BCUT2D eigenvalue weighted by Crippen LogP contribution is 2.13. The van der Waals surface area contributed by atoms with Gasteiger partial charge in [-0.05, 0) is 17.4 Å². The number of nitrogens with zero attached hydrogens (tertiary/aromatic N) is 5. The molecule has 0 aliphatic carbocycles. The summed E-state index contributed by atoms with van der Waals surface area (Å²) < 4.78 is 0. The molecule has 100 valence electrons. The third-order valence-electron chi connectivity index (χ3n) is 2.68. The maximum Gasteiger partial charge on any atom is 0.263 e. The van der Waals surface area contributed by atoms with Gasteiger partial charge in [0, 0.05) is 19.2 Å². The fourth-order valence-electron chi connectivity index (χ4n) is 1.42. The van der Waals surface area contributed by atoms with Crippen molar-refractivity contribution in [2.45, 2.75) is 6.92 Å². The van der Waals surface area contributed by atoms with Crippen LogP contribution in [0.25, 0.3) is 11.4 Å². The van der Waals surface area contributed by atoms with Crippen LogP contribution < -0.4 is 4.84 Å². The minimum atomic E-state index is -0.128. The molecule has 0 saturated carbocycles. The highest BCUT2D eigenvalue weighted by atomic mass is 16.7. The van der Waals surface area contributed by atoms with Crippen molar-refractivity contribution in [2.75, 3.05) is 20.2 Å². The zero-order chi connectivity index (χ0) is 13.7. The highest BCUT2D eigenvalue weighted by molar-refractivity contribution is 5.77. The van der Waals surface area contributed by atoms with Gasteiger partial charge in [-0.3, -0.25) is 4.79 Å². The number of hydrogen-bond donors (Lipinski definition) is 0. The molecule has 0 spiro atoms. The topological polar surface area (TPSA) is 73.1 Å². The first kappa shape index (κ1) is 13.0. The van der Waals surface area contributed by atoms with Gasteiger partial charge in [-0.2, -0.15) is 0 Å². The molecular weight excluding hydrogens is 246 g/mol. The van der Waals surface area contributed by atoms with Crippen LogP contribution >= 0.6 is 0 Å². The van der Waals surface area contributed by atoms with Gasteiger partial charge >= 0.3 is 0 Å². The number of amides is 1. The number of carbonyl (C=O) groups is 1. The average Bonchev–Trinajstić information content (AvgIpc) is 2.93. The molecule has 0 atom stereocenters. The van der Waals surface area contributed by atoms with Crippen LogP contribution in [0.15, 0.2) is 30.3 Å². The number of carbonyl (C=O) groups excluding carboxylic acids is 1. The van der Waals surface area contributed by atoms with Crippen molar-refractivity contribution in [1.29, 1.82) is 0 Å². The van der Waals surface area contributed by atoms with Crippen LogP contribution in [0.2, 0.25) is 0 Å². The van der Waals surface area contributed by atoms with E-state index < -0.39 is 0 Å². The Morgan fingerprint density at radius 3 is 2.79 bits per heavy atom. The monoisotopic (exact) mass is 261 g/mol.